The molecule has 4 nitrogen and oxygen atoms in total. The van der Waals surface area contributed by atoms with Gasteiger partial charge in [0.2, 0.25) is 0 Å². The topological polar surface area (TPSA) is 45.6 Å². The molecule has 2 heterocycles. The van der Waals surface area contributed by atoms with Crippen molar-refractivity contribution in [2.75, 3.05) is 20.2 Å². The maximum Gasteiger partial charge on any atom is 0.130 e. The van der Waals surface area contributed by atoms with Crippen molar-refractivity contribution in [1.82, 2.24) is 9.88 Å². The lowest BCUT2D eigenvalue weighted by Crippen LogP contribution is -2.47. The van der Waals surface area contributed by atoms with Gasteiger partial charge in [0, 0.05) is 18.0 Å². The van der Waals surface area contributed by atoms with Gasteiger partial charge in [0.05, 0.1) is 18.7 Å². The normalized spacial score (nSPS) is 23.3. The molecule has 4 atom stereocenters. The van der Waals surface area contributed by atoms with Crippen LogP contribution in [0.2, 0.25) is 5.15 Å². The lowest BCUT2D eigenvalue weighted by molar-refractivity contribution is 0.00826. The van der Waals surface area contributed by atoms with E-state index in [2.05, 4.69) is 30.7 Å². The molecule has 1 fully saturated rings. The number of hydrogen-bond donors (Lipinski definition) is 1. The van der Waals surface area contributed by atoms with Crippen LogP contribution in [0.25, 0.3) is 10.9 Å². The number of likely N-dealkylation sites (tertiary alicyclic amines) is 1. The van der Waals surface area contributed by atoms with Crippen LogP contribution in [0.1, 0.15) is 51.7 Å². The predicted octanol–water partition coefficient (Wildman–Crippen LogP) is 5.08. The van der Waals surface area contributed by atoms with Gasteiger partial charge in [0.1, 0.15) is 10.9 Å². The molecule has 5 heteroatoms. The summed E-state index contributed by atoms with van der Waals surface area (Å²) in [6.07, 6.45) is 2.65. The van der Waals surface area contributed by atoms with Crippen LogP contribution in [-0.2, 0) is 0 Å². The Balaban J connectivity index is 1.96. The van der Waals surface area contributed by atoms with Crippen molar-refractivity contribution in [3.8, 4) is 5.75 Å². The number of ether oxygens (including phenoxy) is 1. The van der Waals surface area contributed by atoms with Crippen LogP contribution < -0.4 is 4.74 Å². The average molecular weight is 391 g/mol. The van der Waals surface area contributed by atoms with E-state index in [1.165, 1.54) is 12.8 Å². The third kappa shape index (κ3) is 4.23. The number of halogens is 1. The monoisotopic (exact) mass is 390 g/mol. The summed E-state index contributed by atoms with van der Waals surface area (Å²) in [5.41, 5.74) is 1.62. The number of methoxy groups -OCH3 is 1. The van der Waals surface area contributed by atoms with E-state index >= 15 is 0 Å². The molecule has 0 saturated carbocycles. The van der Waals surface area contributed by atoms with Gasteiger partial charge in [-0.2, -0.15) is 0 Å². The summed E-state index contributed by atoms with van der Waals surface area (Å²) in [6.45, 7) is 8.86. The zero-order chi connectivity index (χ0) is 19.6. The number of pyridine rings is 1. The van der Waals surface area contributed by atoms with Gasteiger partial charge in [-0.1, -0.05) is 38.8 Å². The van der Waals surface area contributed by atoms with Crippen LogP contribution in [0.15, 0.2) is 24.3 Å². The van der Waals surface area contributed by atoms with Crippen LogP contribution in [0.5, 0.6) is 5.75 Å². The molecule has 0 aliphatic carbocycles. The second-order valence-electron chi connectivity index (χ2n) is 7.77. The van der Waals surface area contributed by atoms with Gasteiger partial charge < -0.3 is 9.84 Å². The molecule has 1 saturated heterocycles. The van der Waals surface area contributed by atoms with Crippen molar-refractivity contribution in [3.63, 3.8) is 0 Å². The minimum absolute atomic E-state index is 0.0689. The summed E-state index contributed by atoms with van der Waals surface area (Å²) < 4.78 is 5.38. The van der Waals surface area contributed by atoms with Crippen molar-refractivity contribution in [2.45, 2.75) is 52.2 Å². The number of benzene rings is 1. The maximum atomic E-state index is 11.4. The molecular weight excluding hydrogens is 360 g/mol. The van der Waals surface area contributed by atoms with Crippen LogP contribution in [0.4, 0.5) is 0 Å². The number of nitrogens with zero attached hydrogens (tertiary/aromatic N) is 2. The van der Waals surface area contributed by atoms with E-state index < -0.39 is 6.10 Å². The largest absolute Gasteiger partial charge is 0.497 e. The molecule has 0 amide bonds. The van der Waals surface area contributed by atoms with Crippen LogP contribution in [0, 0.1) is 11.8 Å². The van der Waals surface area contributed by atoms with E-state index in [9.17, 15) is 5.11 Å². The first-order valence-electron chi connectivity index (χ1n) is 10.0. The van der Waals surface area contributed by atoms with Crippen molar-refractivity contribution < 1.29 is 9.84 Å². The first-order valence-corrected chi connectivity index (χ1v) is 10.4. The molecule has 1 aromatic carbocycles. The zero-order valence-electron chi connectivity index (χ0n) is 16.8. The Hall–Kier alpha value is -1.36. The zero-order valence-corrected chi connectivity index (χ0v) is 17.5. The van der Waals surface area contributed by atoms with Gasteiger partial charge in [-0.15, -0.1) is 0 Å². The highest BCUT2D eigenvalue weighted by molar-refractivity contribution is 6.30. The lowest BCUT2D eigenvalue weighted by Gasteiger charge is -2.42. The van der Waals surface area contributed by atoms with Gasteiger partial charge in [0.15, 0.2) is 0 Å². The molecule has 1 aliphatic rings. The smallest absolute Gasteiger partial charge is 0.130 e. The molecule has 0 bridgehead atoms. The van der Waals surface area contributed by atoms with Gasteiger partial charge in [-0.05, 0) is 61.1 Å². The van der Waals surface area contributed by atoms with Crippen LogP contribution in [-0.4, -0.2) is 41.2 Å². The number of aromatic nitrogens is 1. The number of piperidine rings is 1. The SMILES string of the molecule is CCC1CN(C(CC)[C@@H](O)c2cc(Cl)nc3ccc(OC)cc23)CCC1C. The van der Waals surface area contributed by atoms with E-state index in [0.29, 0.717) is 11.1 Å². The van der Waals surface area contributed by atoms with E-state index in [0.717, 1.165) is 47.6 Å². The Labute approximate surface area is 167 Å². The highest BCUT2D eigenvalue weighted by Crippen LogP contribution is 2.35. The second-order valence-corrected chi connectivity index (χ2v) is 8.15. The van der Waals surface area contributed by atoms with Gasteiger partial charge in [0.25, 0.3) is 0 Å². The summed E-state index contributed by atoms with van der Waals surface area (Å²) >= 11 is 6.27. The average Bonchev–Trinajstić information content (AvgIpc) is 2.68. The van der Waals surface area contributed by atoms with Gasteiger partial charge >= 0.3 is 0 Å². The Morgan fingerprint density at radius 1 is 1.33 bits per heavy atom. The summed E-state index contributed by atoms with van der Waals surface area (Å²) in [4.78, 5) is 6.88. The maximum absolute atomic E-state index is 11.4. The molecule has 148 valence electrons. The first kappa shape index (κ1) is 20.4. The Bertz CT molecular complexity index is 782. The minimum Gasteiger partial charge on any atom is -0.497 e. The second kappa shape index (κ2) is 8.76. The third-order valence-corrected chi connectivity index (χ3v) is 6.45. The molecule has 0 radical (unpaired) electrons. The molecule has 2 aromatic rings. The van der Waals surface area contributed by atoms with E-state index in [1.807, 2.05) is 18.2 Å². The summed E-state index contributed by atoms with van der Waals surface area (Å²) in [5, 5.41) is 12.7. The predicted molar refractivity (Wildman–Crippen MR) is 111 cm³/mol. The molecule has 3 rings (SSSR count). The molecule has 27 heavy (non-hydrogen) atoms. The first-order chi connectivity index (χ1) is 13.0. The third-order valence-electron chi connectivity index (χ3n) is 6.26. The highest BCUT2D eigenvalue weighted by Gasteiger charge is 2.33. The van der Waals surface area contributed by atoms with Crippen LogP contribution in [0.3, 0.4) is 0 Å². The molecule has 1 aromatic heterocycles. The van der Waals surface area contributed by atoms with Gasteiger partial charge in [-0.25, -0.2) is 4.98 Å². The highest BCUT2D eigenvalue weighted by atomic mass is 35.5. The molecule has 3 unspecified atom stereocenters. The van der Waals surface area contributed by atoms with Crippen molar-refractivity contribution in [2.24, 2.45) is 11.8 Å². The van der Waals surface area contributed by atoms with Crippen molar-refractivity contribution in [1.29, 1.82) is 0 Å². The van der Waals surface area contributed by atoms with Crippen molar-refractivity contribution in [3.05, 3.63) is 35.0 Å². The number of aliphatic hydroxyl groups is 1. The summed E-state index contributed by atoms with van der Waals surface area (Å²) in [6, 6.07) is 7.58. The fraction of sp³-hybridized carbons (Fsp3) is 0.591. The van der Waals surface area contributed by atoms with Crippen molar-refractivity contribution >= 4 is 22.5 Å². The summed E-state index contributed by atoms with van der Waals surface area (Å²) in [7, 11) is 1.65. The van der Waals surface area contributed by atoms with E-state index in [1.54, 1.807) is 13.2 Å². The quantitative estimate of drug-likeness (QED) is 0.699. The Morgan fingerprint density at radius 2 is 2.11 bits per heavy atom. The number of aliphatic hydroxyl groups excluding tert-OH is 1. The molecule has 1 N–H and O–H groups in total. The summed E-state index contributed by atoms with van der Waals surface area (Å²) in [5.74, 6) is 2.20. The van der Waals surface area contributed by atoms with E-state index in [-0.39, 0.29) is 6.04 Å². The van der Waals surface area contributed by atoms with Gasteiger partial charge in [-0.3, -0.25) is 4.90 Å². The molecule has 0 spiro atoms. The van der Waals surface area contributed by atoms with E-state index in [4.69, 9.17) is 16.3 Å². The standard InChI is InChI=1S/C22H31ClN2O2/c1-5-15-13-25(10-9-14(15)3)20(6-2)22(26)18-12-21(23)24-19-8-7-16(27-4)11-17(18)19/h7-8,11-12,14-15,20,22,26H,5-6,9-10,13H2,1-4H3/t14?,15?,20?,22-/m0/s1. The fourth-order valence-corrected chi connectivity index (χ4v) is 4.68. The molecular formula is C22H31ClN2O2. The lowest BCUT2D eigenvalue weighted by atomic mass is 9.83. The number of fused-ring (bicyclic) bond motifs is 1. The minimum atomic E-state index is -0.615. The molecule has 1 aliphatic heterocycles. The number of rotatable bonds is 6. The Kier molecular flexibility index (Phi) is 6.61. The Morgan fingerprint density at radius 3 is 2.78 bits per heavy atom. The van der Waals surface area contributed by atoms with Crippen LogP contribution >= 0.6 is 11.6 Å². The number of hydrogen-bond acceptors (Lipinski definition) is 4. The fourth-order valence-electron chi connectivity index (χ4n) is 4.47.